The lowest BCUT2D eigenvalue weighted by atomic mass is 10.0. The van der Waals surface area contributed by atoms with Crippen LogP contribution in [0.4, 0.5) is 5.88 Å². The Bertz CT molecular complexity index is 467. The van der Waals surface area contributed by atoms with E-state index in [1.54, 1.807) is 6.92 Å². The molecule has 0 bridgehead atoms. The van der Waals surface area contributed by atoms with Crippen molar-refractivity contribution >= 4 is 17.6 Å². The lowest BCUT2D eigenvalue weighted by molar-refractivity contribution is 0.0908. The second-order valence-corrected chi connectivity index (χ2v) is 5.03. The fourth-order valence-corrected chi connectivity index (χ4v) is 1.59. The lowest BCUT2D eigenvalue weighted by Gasteiger charge is -2.20. The van der Waals surface area contributed by atoms with Gasteiger partial charge < -0.3 is 15.5 Å². The number of nitrogens with two attached hydrogens (primary N) is 1. The Balaban J connectivity index is 3.22. The van der Waals surface area contributed by atoms with E-state index >= 15 is 0 Å². The van der Waals surface area contributed by atoms with Gasteiger partial charge in [-0.2, -0.15) is 0 Å². The molecule has 0 spiro atoms. The van der Waals surface area contributed by atoms with E-state index in [0.717, 1.165) is 0 Å². The number of amides is 1. The molecule has 5 heteroatoms. The summed E-state index contributed by atoms with van der Waals surface area (Å²) >= 11 is 0. The van der Waals surface area contributed by atoms with Crippen molar-refractivity contribution in [1.29, 1.82) is 0 Å². The Hall–Kier alpha value is -1.78. The molecule has 0 saturated heterocycles. The van der Waals surface area contributed by atoms with Crippen molar-refractivity contribution in [3.8, 4) is 0 Å². The first-order valence-corrected chi connectivity index (χ1v) is 5.36. The molecular weight excluding hydrogens is 220 g/mol. The van der Waals surface area contributed by atoms with Gasteiger partial charge in [0.25, 0.3) is 5.91 Å². The van der Waals surface area contributed by atoms with Crippen LogP contribution in [0.3, 0.4) is 0 Å². The molecule has 1 heterocycles. The molecule has 0 atom stereocenters. The molecule has 0 aromatic carbocycles. The normalized spacial score (nSPS) is 11.4. The lowest BCUT2D eigenvalue weighted by Crippen LogP contribution is -2.41. The number of nitrogen functional groups attached to an aromatic ring is 1. The predicted octanol–water partition coefficient (Wildman–Crippen LogP) is 1.90. The highest BCUT2D eigenvalue weighted by atomic mass is 16.4. The summed E-state index contributed by atoms with van der Waals surface area (Å²) in [5, 5.41) is 2.78. The highest BCUT2D eigenvalue weighted by Gasteiger charge is 2.27. The summed E-state index contributed by atoms with van der Waals surface area (Å²) in [6, 6.07) is 0. The van der Waals surface area contributed by atoms with Crippen molar-refractivity contribution in [1.82, 2.24) is 5.32 Å². The van der Waals surface area contributed by atoms with Gasteiger partial charge in [0.15, 0.2) is 5.78 Å². The standard InChI is InChI=1S/C12H18N2O3/c1-6(15)8-9(7(2)17-10(8)13)11(16)14-12(3,4)5/h13H2,1-5H3,(H,14,16). The molecule has 0 fully saturated rings. The largest absolute Gasteiger partial charge is 0.445 e. The third kappa shape index (κ3) is 2.87. The molecule has 0 saturated carbocycles. The van der Waals surface area contributed by atoms with Gasteiger partial charge in [0.05, 0.1) is 11.1 Å². The van der Waals surface area contributed by atoms with E-state index in [2.05, 4.69) is 5.32 Å². The van der Waals surface area contributed by atoms with Crippen LogP contribution in [-0.2, 0) is 0 Å². The minimum Gasteiger partial charge on any atom is -0.445 e. The quantitative estimate of drug-likeness (QED) is 0.770. The van der Waals surface area contributed by atoms with Crippen LogP contribution in [0.5, 0.6) is 0 Å². The van der Waals surface area contributed by atoms with E-state index < -0.39 is 0 Å². The molecule has 0 aliphatic heterocycles. The summed E-state index contributed by atoms with van der Waals surface area (Å²) in [7, 11) is 0. The SMILES string of the molecule is CC(=O)c1c(N)oc(C)c1C(=O)NC(C)(C)C. The monoisotopic (exact) mass is 238 g/mol. The van der Waals surface area contributed by atoms with Gasteiger partial charge in [-0.25, -0.2) is 0 Å². The fraction of sp³-hybridized carbons (Fsp3) is 0.500. The Morgan fingerprint density at radius 1 is 1.24 bits per heavy atom. The van der Waals surface area contributed by atoms with Gasteiger partial charge in [-0.05, 0) is 34.6 Å². The molecule has 1 aromatic rings. The van der Waals surface area contributed by atoms with Crippen molar-refractivity contribution < 1.29 is 14.0 Å². The number of ketones is 1. The average Bonchev–Trinajstić information content (AvgIpc) is 2.37. The minimum atomic E-state index is -0.385. The van der Waals surface area contributed by atoms with Crippen LogP contribution in [0.1, 0.15) is 54.2 Å². The second kappa shape index (κ2) is 4.24. The Morgan fingerprint density at radius 2 is 1.76 bits per heavy atom. The zero-order valence-corrected chi connectivity index (χ0v) is 10.8. The molecule has 0 radical (unpaired) electrons. The van der Waals surface area contributed by atoms with E-state index in [1.165, 1.54) is 6.92 Å². The van der Waals surface area contributed by atoms with Crippen LogP contribution in [0.2, 0.25) is 0 Å². The Kier molecular flexibility index (Phi) is 3.31. The van der Waals surface area contributed by atoms with Crippen LogP contribution in [0, 0.1) is 6.92 Å². The number of carbonyl (C=O) groups is 2. The van der Waals surface area contributed by atoms with Gasteiger partial charge >= 0.3 is 0 Å². The molecule has 0 unspecified atom stereocenters. The molecule has 0 aliphatic carbocycles. The first kappa shape index (κ1) is 13.3. The molecule has 1 rings (SSSR count). The van der Waals surface area contributed by atoms with Crippen LogP contribution in [0.25, 0.3) is 0 Å². The van der Waals surface area contributed by atoms with Gasteiger partial charge in [0.2, 0.25) is 5.88 Å². The van der Waals surface area contributed by atoms with E-state index in [1.807, 2.05) is 20.8 Å². The Labute approximate surface area is 100 Å². The van der Waals surface area contributed by atoms with Gasteiger partial charge in [0.1, 0.15) is 5.76 Å². The van der Waals surface area contributed by atoms with Gasteiger partial charge in [-0.3, -0.25) is 9.59 Å². The number of hydrogen-bond donors (Lipinski definition) is 2. The van der Waals surface area contributed by atoms with Crippen LogP contribution >= 0.6 is 0 Å². The molecule has 3 N–H and O–H groups in total. The number of hydrogen-bond acceptors (Lipinski definition) is 4. The number of Topliss-reactive ketones (excluding diaryl/α,β-unsaturated/α-hetero) is 1. The average molecular weight is 238 g/mol. The number of carbonyl (C=O) groups excluding carboxylic acids is 2. The number of rotatable bonds is 2. The Morgan fingerprint density at radius 3 is 2.18 bits per heavy atom. The van der Waals surface area contributed by atoms with Gasteiger partial charge in [0, 0.05) is 5.54 Å². The summed E-state index contributed by atoms with van der Waals surface area (Å²) < 4.78 is 5.14. The zero-order valence-electron chi connectivity index (χ0n) is 10.8. The first-order valence-electron chi connectivity index (χ1n) is 5.36. The van der Waals surface area contributed by atoms with E-state index in [9.17, 15) is 9.59 Å². The molecule has 5 nitrogen and oxygen atoms in total. The predicted molar refractivity (Wildman–Crippen MR) is 65.1 cm³/mol. The molecule has 94 valence electrons. The maximum atomic E-state index is 12.0. The van der Waals surface area contributed by atoms with Crippen molar-refractivity contribution in [3.63, 3.8) is 0 Å². The van der Waals surface area contributed by atoms with Crippen molar-refractivity contribution in [2.45, 2.75) is 40.2 Å². The third-order valence-corrected chi connectivity index (χ3v) is 2.18. The van der Waals surface area contributed by atoms with Crippen molar-refractivity contribution in [2.24, 2.45) is 0 Å². The fourth-order valence-electron chi connectivity index (χ4n) is 1.59. The molecule has 0 aliphatic rings. The number of furan rings is 1. The molecule has 1 aromatic heterocycles. The van der Waals surface area contributed by atoms with Crippen LogP contribution < -0.4 is 11.1 Å². The summed E-state index contributed by atoms with van der Waals surface area (Å²) in [6.07, 6.45) is 0. The number of nitrogens with one attached hydrogen (secondary N) is 1. The smallest absolute Gasteiger partial charge is 0.256 e. The highest BCUT2D eigenvalue weighted by molar-refractivity contribution is 6.10. The number of anilines is 1. The summed E-state index contributed by atoms with van der Waals surface area (Å²) in [6.45, 7) is 8.54. The topological polar surface area (TPSA) is 85.3 Å². The van der Waals surface area contributed by atoms with E-state index in [0.29, 0.717) is 5.76 Å². The highest BCUT2D eigenvalue weighted by Crippen LogP contribution is 2.25. The van der Waals surface area contributed by atoms with Crippen molar-refractivity contribution in [2.75, 3.05) is 5.73 Å². The first-order chi connectivity index (χ1) is 7.63. The summed E-state index contributed by atoms with van der Waals surface area (Å²) in [4.78, 5) is 23.5. The maximum absolute atomic E-state index is 12.0. The van der Waals surface area contributed by atoms with Gasteiger partial charge in [-0.1, -0.05) is 0 Å². The summed E-state index contributed by atoms with van der Waals surface area (Å²) in [5.74, 6) is -0.275. The molecule has 1 amide bonds. The number of aryl methyl sites for hydroxylation is 1. The van der Waals surface area contributed by atoms with Crippen LogP contribution in [0.15, 0.2) is 4.42 Å². The minimum absolute atomic E-state index is 0.00550. The summed E-state index contributed by atoms with van der Waals surface area (Å²) in [5.41, 5.74) is 5.58. The molecule has 17 heavy (non-hydrogen) atoms. The molecular formula is C12H18N2O3. The van der Waals surface area contributed by atoms with Crippen molar-refractivity contribution in [3.05, 3.63) is 16.9 Å². The zero-order chi connectivity index (χ0) is 13.4. The van der Waals surface area contributed by atoms with E-state index in [4.69, 9.17) is 10.2 Å². The maximum Gasteiger partial charge on any atom is 0.256 e. The third-order valence-electron chi connectivity index (χ3n) is 2.18. The van der Waals surface area contributed by atoms with Gasteiger partial charge in [-0.15, -0.1) is 0 Å². The second-order valence-electron chi connectivity index (χ2n) is 5.03. The van der Waals surface area contributed by atoms with E-state index in [-0.39, 0.29) is 34.2 Å². The van der Waals surface area contributed by atoms with Crippen LogP contribution in [-0.4, -0.2) is 17.2 Å².